The van der Waals surface area contributed by atoms with Crippen molar-refractivity contribution < 1.29 is 9.53 Å². The molecule has 0 aromatic heterocycles. The summed E-state index contributed by atoms with van der Waals surface area (Å²) in [5.74, 6) is 0.186. The average molecular weight is 226 g/mol. The van der Waals surface area contributed by atoms with Crippen LogP contribution >= 0.6 is 0 Å². The zero-order valence-corrected chi connectivity index (χ0v) is 10.1. The predicted molar refractivity (Wildman–Crippen MR) is 62.2 cm³/mol. The van der Waals surface area contributed by atoms with Gasteiger partial charge < -0.3 is 15.0 Å². The van der Waals surface area contributed by atoms with Crippen LogP contribution in [-0.2, 0) is 9.53 Å². The Morgan fingerprint density at radius 2 is 1.81 bits per heavy atom. The van der Waals surface area contributed by atoms with E-state index in [0.717, 1.165) is 51.9 Å². The largest absolute Gasteiger partial charge is 0.462 e. The molecule has 2 rings (SSSR count). The monoisotopic (exact) mass is 226 g/mol. The fourth-order valence-corrected chi connectivity index (χ4v) is 2.42. The summed E-state index contributed by atoms with van der Waals surface area (Å²) in [7, 11) is 2.11. The summed E-state index contributed by atoms with van der Waals surface area (Å²) in [5, 5.41) is 3.28. The molecule has 0 aromatic rings. The molecule has 2 fully saturated rings. The van der Waals surface area contributed by atoms with E-state index in [2.05, 4.69) is 17.3 Å². The topological polar surface area (TPSA) is 41.6 Å². The molecule has 16 heavy (non-hydrogen) atoms. The highest BCUT2D eigenvalue weighted by Gasteiger charge is 2.27. The molecule has 4 nitrogen and oxygen atoms in total. The second-order valence-electron chi connectivity index (χ2n) is 4.96. The third-order valence-corrected chi connectivity index (χ3v) is 3.62. The normalized spacial score (nSPS) is 25.6. The summed E-state index contributed by atoms with van der Waals surface area (Å²) in [6.45, 7) is 3.99. The quantitative estimate of drug-likeness (QED) is 0.701. The minimum atomic E-state index is 0.0417. The first-order chi connectivity index (χ1) is 7.75. The molecule has 0 saturated carbocycles. The lowest BCUT2D eigenvalue weighted by Gasteiger charge is -2.30. The van der Waals surface area contributed by atoms with Gasteiger partial charge in [0.05, 0.1) is 5.92 Å². The molecular weight excluding hydrogens is 204 g/mol. The van der Waals surface area contributed by atoms with Crippen molar-refractivity contribution in [2.24, 2.45) is 5.92 Å². The van der Waals surface area contributed by atoms with Crippen LogP contribution in [0.25, 0.3) is 0 Å². The van der Waals surface area contributed by atoms with Gasteiger partial charge in [0.15, 0.2) is 0 Å². The molecule has 92 valence electrons. The minimum absolute atomic E-state index is 0.0417. The Morgan fingerprint density at radius 3 is 2.44 bits per heavy atom. The minimum Gasteiger partial charge on any atom is -0.462 e. The van der Waals surface area contributed by atoms with Crippen LogP contribution < -0.4 is 5.32 Å². The lowest BCUT2D eigenvalue weighted by Crippen LogP contribution is -2.38. The molecule has 4 heteroatoms. The van der Waals surface area contributed by atoms with Crippen molar-refractivity contribution in [2.75, 3.05) is 33.2 Å². The number of esters is 1. The number of hydrogen-bond acceptors (Lipinski definition) is 4. The van der Waals surface area contributed by atoms with E-state index in [1.165, 1.54) is 0 Å². The van der Waals surface area contributed by atoms with Crippen molar-refractivity contribution in [2.45, 2.75) is 31.8 Å². The van der Waals surface area contributed by atoms with Crippen LogP contribution in [0.4, 0.5) is 0 Å². The van der Waals surface area contributed by atoms with Gasteiger partial charge >= 0.3 is 5.97 Å². The van der Waals surface area contributed by atoms with E-state index in [4.69, 9.17) is 4.74 Å². The maximum absolute atomic E-state index is 11.9. The maximum atomic E-state index is 11.9. The first-order valence-electron chi connectivity index (χ1n) is 6.35. The average Bonchev–Trinajstić information content (AvgIpc) is 2.31. The van der Waals surface area contributed by atoms with Gasteiger partial charge in [0, 0.05) is 0 Å². The number of piperidine rings is 2. The van der Waals surface area contributed by atoms with Crippen LogP contribution in [0.3, 0.4) is 0 Å². The van der Waals surface area contributed by atoms with Crippen molar-refractivity contribution in [1.29, 1.82) is 0 Å². The summed E-state index contributed by atoms with van der Waals surface area (Å²) in [6.07, 6.45) is 4.02. The highest BCUT2D eigenvalue weighted by molar-refractivity contribution is 5.72. The molecule has 0 spiro atoms. The van der Waals surface area contributed by atoms with E-state index < -0.39 is 0 Å². The molecule has 2 aliphatic heterocycles. The molecule has 2 aliphatic rings. The lowest BCUT2D eigenvalue weighted by molar-refractivity contribution is -0.156. The Hall–Kier alpha value is -0.610. The van der Waals surface area contributed by atoms with E-state index in [9.17, 15) is 4.79 Å². The smallest absolute Gasteiger partial charge is 0.309 e. The van der Waals surface area contributed by atoms with Gasteiger partial charge in [-0.1, -0.05) is 0 Å². The second kappa shape index (κ2) is 5.64. The number of carbonyl (C=O) groups excluding carboxylic acids is 1. The Bertz CT molecular complexity index is 231. The van der Waals surface area contributed by atoms with E-state index in [1.54, 1.807) is 0 Å². The van der Waals surface area contributed by atoms with Crippen molar-refractivity contribution in [3.8, 4) is 0 Å². The van der Waals surface area contributed by atoms with Gasteiger partial charge in [-0.25, -0.2) is 0 Å². The van der Waals surface area contributed by atoms with E-state index in [1.807, 2.05) is 0 Å². The Balaban J connectivity index is 1.74. The van der Waals surface area contributed by atoms with Crippen molar-refractivity contribution >= 4 is 5.97 Å². The van der Waals surface area contributed by atoms with Crippen LogP contribution in [-0.4, -0.2) is 50.2 Å². The summed E-state index contributed by atoms with van der Waals surface area (Å²) in [6, 6.07) is 0. The fourth-order valence-electron chi connectivity index (χ4n) is 2.42. The first-order valence-corrected chi connectivity index (χ1v) is 6.35. The molecule has 2 saturated heterocycles. The molecule has 2 heterocycles. The van der Waals surface area contributed by atoms with Gasteiger partial charge in [0.2, 0.25) is 0 Å². The Morgan fingerprint density at radius 1 is 1.19 bits per heavy atom. The van der Waals surface area contributed by atoms with Gasteiger partial charge in [-0.2, -0.15) is 0 Å². The first kappa shape index (κ1) is 11.9. The molecule has 0 unspecified atom stereocenters. The number of carbonyl (C=O) groups is 1. The Labute approximate surface area is 97.3 Å². The molecule has 0 atom stereocenters. The van der Waals surface area contributed by atoms with Gasteiger partial charge in [0.25, 0.3) is 0 Å². The number of nitrogens with zero attached hydrogens (tertiary/aromatic N) is 1. The molecule has 0 radical (unpaired) electrons. The third kappa shape index (κ3) is 3.19. The molecule has 0 aromatic carbocycles. The van der Waals surface area contributed by atoms with Crippen molar-refractivity contribution in [3.63, 3.8) is 0 Å². The zero-order chi connectivity index (χ0) is 11.4. The van der Waals surface area contributed by atoms with Crippen molar-refractivity contribution in [3.05, 3.63) is 0 Å². The number of nitrogens with one attached hydrogen (secondary N) is 1. The second-order valence-corrected chi connectivity index (χ2v) is 4.96. The SMILES string of the molecule is CN1CCC(C(=O)OC2CCNCC2)CC1. The fraction of sp³-hybridized carbons (Fsp3) is 0.917. The van der Waals surface area contributed by atoms with Gasteiger partial charge in [-0.15, -0.1) is 0 Å². The van der Waals surface area contributed by atoms with Gasteiger partial charge in [-0.3, -0.25) is 4.79 Å². The standard InChI is InChI=1S/C12H22N2O2/c1-14-8-4-10(5-9-14)12(15)16-11-2-6-13-7-3-11/h10-11,13H,2-9H2,1H3. The molecule has 1 N–H and O–H groups in total. The van der Waals surface area contributed by atoms with Crippen LogP contribution in [0, 0.1) is 5.92 Å². The van der Waals surface area contributed by atoms with Crippen LogP contribution in [0.1, 0.15) is 25.7 Å². The van der Waals surface area contributed by atoms with Crippen LogP contribution in [0.15, 0.2) is 0 Å². The molecular formula is C12H22N2O2. The van der Waals surface area contributed by atoms with Crippen LogP contribution in [0.5, 0.6) is 0 Å². The highest BCUT2D eigenvalue weighted by Crippen LogP contribution is 2.19. The molecule has 0 amide bonds. The lowest BCUT2D eigenvalue weighted by atomic mass is 9.97. The van der Waals surface area contributed by atoms with Gasteiger partial charge in [0.1, 0.15) is 6.10 Å². The van der Waals surface area contributed by atoms with Crippen molar-refractivity contribution in [1.82, 2.24) is 10.2 Å². The maximum Gasteiger partial charge on any atom is 0.309 e. The van der Waals surface area contributed by atoms with E-state index >= 15 is 0 Å². The number of hydrogen-bond donors (Lipinski definition) is 1. The third-order valence-electron chi connectivity index (χ3n) is 3.62. The highest BCUT2D eigenvalue weighted by atomic mass is 16.5. The van der Waals surface area contributed by atoms with Gasteiger partial charge in [-0.05, 0) is 58.9 Å². The van der Waals surface area contributed by atoms with E-state index in [-0.39, 0.29) is 18.0 Å². The summed E-state index contributed by atoms with van der Waals surface area (Å²) in [4.78, 5) is 14.2. The summed E-state index contributed by atoms with van der Waals surface area (Å²) in [5.41, 5.74) is 0. The van der Waals surface area contributed by atoms with Crippen LogP contribution in [0.2, 0.25) is 0 Å². The predicted octanol–water partition coefficient (Wildman–Crippen LogP) is 0.623. The molecule has 0 bridgehead atoms. The molecule has 0 aliphatic carbocycles. The van der Waals surface area contributed by atoms with E-state index in [0.29, 0.717) is 0 Å². The number of ether oxygens (including phenoxy) is 1. The number of rotatable bonds is 2. The number of likely N-dealkylation sites (tertiary alicyclic amines) is 1. The summed E-state index contributed by atoms with van der Waals surface area (Å²) < 4.78 is 5.57. The summed E-state index contributed by atoms with van der Waals surface area (Å²) >= 11 is 0. The zero-order valence-electron chi connectivity index (χ0n) is 10.1. The Kier molecular flexibility index (Phi) is 4.18.